The predicted molar refractivity (Wildman–Crippen MR) is 74.3 cm³/mol. The lowest BCUT2D eigenvalue weighted by Gasteiger charge is -2.11. The fraction of sp³-hybridized carbons (Fsp3) is 0.133. The van der Waals surface area contributed by atoms with E-state index in [2.05, 4.69) is 5.32 Å². The number of halogens is 2. The van der Waals surface area contributed by atoms with Crippen LogP contribution in [0.25, 0.3) is 0 Å². The number of carbonyl (C=O) groups is 1. The summed E-state index contributed by atoms with van der Waals surface area (Å²) in [6, 6.07) is 8.68. The smallest absolute Gasteiger partial charge is 0.228 e. The Balaban J connectivity index is 2.11. The number of rotatable bonds is 3. The molecule has 0 atom stereocenters. The summed E-state index contributed by atoms with van der Waals surface area (Å²) < 4.78 is 25.9. The van der Waals surface area contributed by atoms with E-state index in [0.717, 1.165) is 17.7 Å². The number of nitrogen functional groups attached to an aromatic ring is 1. The summed E-state index contributed by atoms with van der Waals surface area (Å²) in [6.45, 7) is 1.82. The molecule has 1 amide bonds. The normalized spacial score (nSPS) is 10.3. The van der Waals surface area contributed by atoms with Gasteiger partial charge in [0.1, 0.15) is 0 Å². The summed E-state index contributed by atoms with van der Waals surface area (Å²) in [7, 11) is 0. The number of hydrogen-bond acceptors (Lipinski definition) is 2. The van der Waals surface area contributed by atoms with Gasteiger partial charge in [-0.3, -0.25) is 4.79 Å². The van der Waals surface area contributed by atoms with E-state index in [1.807, 2.05) is 13.0 Å². The average Bonchev–Trinajstić information content (AvgIpc) is 2.38. The molecule has 3 nitrogen and oxygen atoms in total. The lowest BCUT2D eigenvalue weighted by Crippen LogP contribution is -2.16. The Labute approximate surface area is 115 Å². The predicted octanol–water partition coefficient (Wildman–Crippen LogP) is 3.04. The molecule has 0 aliphatic carbocycles. The number of nitrogens with one attached hydrogen (secondary N) is 1. The zero-order valence-corrected chi connectivity index (χ0v) is 10.9. The topological polar surface area (TPSA) is 55.1 Å². The lowest BCUT2D eigenvalue weighted by molar-refractivity contribution is -0.115. The van der Waals surface area contributed by atoms with Gasteiger partial charge in [0, 0.05) is 0 Å². The standard InChI is InChI=1S/C15H14F2N2O/c1-9-3-2-4-13(18)15(9)19-14(20)8-10-5-6-11(16)12(17)7-10/h2-7H,8,18H2,1H3,(H,19,20). The van der Waals surface area contributed by atoms with Crippen LogP contribution in [0.3, 0.4) is 0 Å². The van der Waals surface area contributed by atoms with Crippen molar-refractivity contribution in [2.75, 3.05) is 11.1 Å². The number of anilines is 2. The minimum Gasteiger partial charge on any atom is -0.397 e. The van der Waals surface area contributed by atoms with Crippen LogP contribution in [0, 0.1) is 18.6 Å². The largest absolute Gasteiger partial charge is 0.397 e. The van der Waals surface area contributed by atoms with Crippen LogP contribution < -0.4 is 11.1 Å². The van der Waals surface area contributed by atoms with Crippen molar-refractivity contribution in [1.82, 2.24) is 0 Å². The molecule has 0 aromatic heterocycles. The third kappa shape index (κ3) is 3.12. The second-order valence-electron chi connectivity index (χ2n) is 4.51. The van der Waals surface area contributed by atoms with E-state index >= 15 is 0 Å². The summed E-state index contributed by atoms with van der Waals surface area (Å²) in [5.74, 6) is -2.24. The zero-order valence-electron chi connectivity index (χ0n) is 10.9. The van der Waals surface area contributed by atoms with Gasteiger partial charge in [0.05, 0.1) is 17.8 Å². The SMILES string of the molecule is Cc1cccc(N)c1NC(=O)Cc1ccc(F)c(F)c1. The highest BCUT2D eigenvalue weighted by Gasteiger charge is 2.10. The molecule has 0 bridgehead atoms. The zero-order chi connectivity index (χ0) is 14.7. The van der Waals surface area contributed by atoms with Gasteiger partial charge in [-0.1, -0.05) is 18.2 Å². The monoisotopic (exact) mass is 276 g/mol. The number of para-hydroxylation sites is 1. The van der Waals surface area contributed by atoms with E-state index in [9.17, 15) is 13.6 Å². The minimum absolute atomic E-state index is 0.0506. The summed E-state index contributed by atoms with van der Waals surface area (Å²) in [6.07, 6.45) is -0.0506. The van der Waals surface area contributed by atoms with Crippen LogP contribution in [0.5, 0.6) is 0 Å². The number of amides is 1. The second-order valence-corrected chi connectivity index (χ2v) is 4.51. The first kappa shape index (κ1) is 14.0. The molecule has 3 N–H and O–H groups in total. The molecule has 0 saturated carbocycles. The van der Waals surface area contributed by atoms with Crippen molar-refractivity contribution >= 4 is 17.3 Å². The molecule has 0 spiro atoms. The Bertz CT molecular complexity index is 636. The van der Waals surface area contributed by atoms with Gasteiger partial charge in [-0.15, -0.1) is 0 Å². The van der Waals surface area contributed by atoms with Gasteiger partial charge in [0.15, 0.2) is 11.6 Å². The van der Waals surface area contributed by atoms with Crippen molar-refractivity contribution in [3.8, 4) is 0 Å². The molecule has 104 valence electrons. The molecule has 0 saturated heterocycles. The molecule has 2 rings (SSSR count). The third-order valence-corrected chi connectivity index (χ3v) is 2.92. The number of carbonyl (C=O) groups excluding carboxylic acids is 1. The first-order valence-electron chi connectivity index (χ1n) is 6.06. The quantitative estimate of drug-likeness (QED) is 0.847. The maximum Gasteiger partial charge on any atom is 0.228 e. The van der Waals surface area contributed by atoms with Crippen LogP contribution in [0.1, 0.15) is 11.1 Å². The van der Waals surface area contributed by atoms with Gasteiger partial charge in [-0.05, 0) is 36.2 Å². The van der Waals surface area contributed by atoms with Crippen LogP contribution >= 0.6 is 0 Å². The Morgan fingerprint density at radius 3 is 2.60 bits per heavy atom. The highest BCUT2D eigenvalue weighted by molar-refractivity contribution is 5.96. The molecule has 0 heterocycles. The highest BCUT2D eigenvalue weighted by Crippen LogP contribution is 2.22. The molecule has 5 heteroatoms. The fourth-order valence-electron chi connectivity index (χ4n) is 1.88. The van der Waals surface area contributed by atoms with Crippen LogP contribution in [0.2, 0.25) is 0 Å². The Morgan fingerprint density at radius 2 is 1.95 bits per heavy atom. The molecule has 0 unspecified atom stereocenters. The van der Waals surface area contributed by atoms with Crippen molar-refractivity contribution in [1.29, 1.82) is 0 Å². The summed E-state index contributed by atoms with van der Waals surface area (Å²) in [5, 5.41) is 2.68. The van der Waals surface area contributed by atoms with Crippen molar-refractivity contribution in [3.05, 3.63) is 59.2 Å². The van der Waals surface area contributed by atoms with Gasteiger partial charge in [-0.2, -0.15) is 0 Å². The van der Waals surface area contributed by atoms with Gasteiger partial charge >= 0.3 is 0 Å². The van der Waals surface area contributed by atoms with Gasteiger partial charge in [-0.25, -0.2) is 8.78 Å². The average molecular weight is 276 g/mol. The van der Waals surface area contributed by atoms with Crippen LogP contribution in [-0.2, 0) is 11.2 Å². The number of aryl methyl sites for hydroxylation is 1. The van der Waals surface area contributed by atoms with Crippen LogP contribution in [-0.4, -0.2) is 5.91 Å². The lowest BCUT2D eigenvalue weighted by atomic mass is 10.1. The van der Waals surface area contributed by atoms with E-state index in [1.54, 1.807) is 12.1 Å². The third-order valence-electron chi connectivity index (χ3n) is 2.92. The van der Waals surface area contributed by atoms with Crippen molar-refractivity contribution in [3.63, 3.8) is 0 Å². The molecule has 20 heavy (non-hydrogen) atoms. The van der Waals surface area contributed by atoms with E-state index in [1.165, 1.54) is 6.07 Å². The van der Waals surface area contributed by atoms with E-state index < -0.39 is 11.6 Å². The molecular formula is C15H14F2N2O. The molecule has 0 radical (unpaired) electrons. The summed E-state index contributed by atoms with van der Waals surface area (Å²) in [4.78, 5) is 11.9. The van der Waals surface area contributed by atoms with E-state index in [0.29, 0.717) is 16.9 Å². The molecule has 0 fully saturated rings. The van der Waals surface area contributed by atoms with E-state index in [-0.39, 0.29) is 12.3 Å². The number of benzene rings is 2. The highest BCUT2D eigenvalue weighted by atomic mass is 19.2. The second kappa shape index (κ2) is 5.69. The minimum atomic E-state index is -0.967. The first-order chi connectivity index (χ1) is 9.47. The Hall–Kier alpha value is -2.43. The van der Waals surface area contributed by atoms with Gasteiger partial charge in [0.2, 0.25) is 5.91 Å². The van der Waals surface area contributed by atoms with E-state index in [4.69, 9.17) is 5.73 Å². The number of nitrogens with two attached hydrogens (primary N) is 1. The van der Waals surface area contributed by atoms with Gasteiger partial charge in [0.25, 0.3) is 0 Å². The number of hydrogen-bond donors (Lipinski definition) is 2. The summed E-state index contributed by atoms with van der Waals surface area (Å²) >= 11 is 0. The molecule has 2 aromatic carbocycles. The van der Waals surface area contributed by atoms with Crippen LogP contribution in [0.15, 0.2) is 36.4 Å². The van der Waals surface area contributed by atoms with Crippen molar-refractivity contribution in [2.45, 2.75) is 13.3 Å². The van der Waals surface area contributed by atoms with Crippen molar-refractivity contribution in [2.24, 2.45) is 0 Å². The van der Waals surface area contributed by atoms with Crippen LogP contribution in [0.4, 0.5) is 20.2 Å². The summed E-state index contributed by atoms with van der Waals surface area (Å²) in [5.41, 5.74) is 8.02. The Kier molecular flexibility index (Phi) is 3.98. The maximum atomic E-state index is 13.1. The first-order valence-corrected chi connectivity index (χ1v) is 6.06. The Morgan fingerprint density at radius 1 is 1.20 bits per heavy atom. The van der Waals surface area contributed by atoms with Crippen molar-refractivity contribution < 1.29 is 13.6 Å². The molecule has 0 aliphatic heterocycles. The molecule has 2 aromatic rings. The van der Waals surface area contributed by atoms with Gasteiger partial charge < -0.3 is 11.1 Å². The maximum absolute atomic E-state index is 13.1. The molecular weight excluding hydrogens is 262 g/mol. The molecule has 0 aliphatic rings. The fourth-order valence-corrected chi connectivity index (χ4v) is 1.88.